The lowest BCUT2D eigenvalue weighted by molar-refractivity contribution is 0.0997. The van der Waals surface area contributed by atoms with Gasteiger partial charge in [0.15, 0.2) is 5.43 Å². The average Bonchev–Trinajstić information content (AvgIpc) is 3.47. The van der Waals surface area contributed by atoms with Crippen LogP contribution < -0.4 is 11.2 Å². The van der Waals surface area contributed by atoms with Gasteiger partial charge in [-0.3, -0.25) is 14.6 Å². The Hall–Kier alpha value is -3.02. The first-order chi connectivity index (χ1) is 13.9. The van der Waals surface area contributed by atoms with Gasteiger partial charge in [0.1, 0.15) is 11.5 Å². The number of carbonyl (C=O) groups is 1. The van der Waals surface area contributed by atoms with Crippen LogP contribution in [-0.2, 0) is 0 Å². The summed E-state index contributed by atoms with van der Waals surface area (Å²) in [5, 5.41) is 0.238. The smallest absolute Gasteiger partial charge is 0.268 e. The standard InChI is InChI=1S/C14H17F.C9H7N3O2/c1-9-6-13(15)4-5-14(9)11-3-2-10-7-12(10)8-11;10-9(14)8-7-5(1-3-12-8)11-4-2-6(7)13/h4-6,10-12H,2-3,7-8H2,1H3;1-4H,(H2,10,14)(H,11,13). The molecule has 2 saturated carbocycles. The van der Waals surface area contributed by atoms with Gasteiger partial charge in [0.2, 0.25) is 0 Å². The van der Waals surface area contributed by atoms with Crippen LogP contribution in [0.2, 0.25) is 0 Å². The monoisotopic (exact) mass is 393 g/mol. The van der Waals surface area contributed by atoms with Crippen LogP contribution in [0.4, 0.5) is 4.39 Å². The summed E-state index contributed by atoms with van der Waals surface area (Å²) in [6, 6.07) is 8.23. The zero-order valence-electron chi connectivity index (χ0n) is 16.3. The second-order valence-corrected chi connectivity index (χ2v) is 8.06. The van der Waals surface area contributed by atoms with E-state index in [0.29, 0.717) is 11.4 Å². The maximum Gasteiger partial charge on any atom is 0.268 e. The van der Waals surface area contributed by atoms with E-state index in [1.54, 1.807) is 18.2 Å². The van der Waals surface area contributed by atoms with E-state index in [9.17, 15) is 14.0 Å². The van der Waals surface area contributed by atoms with Crippen molar-refractivity contribution in [2.45, 2.75) is 38.5 Å². The van der Waals surface area contributed by atoms with Crippen molar-refractivity contribution in [3.05, 3.63) is 75.6 Å². The van der Waals surface area contributed by atoms with E-state index in [0.717, 1.165) is 17.4 Å². The molecule has 3 unspecified atom stereocenters. The molecule has 2 aliphatic rings. The fourth-order valence-corrected chi connectivity index (χ4v) is 4.54. The van der Waals surface area contributed by atoms with Crippen LogP contribution >= 0.6 is 0 Å². The van der Waals surface area contributed by atoms with Crippen LogP contribution in [0.3, 0.4) is 0 Å². The zero-order chi connectivity index (χ0) is 20.5. The van der Waals surface area contributed by atoms with E-state index >= 15 is 0 Å². The van der Waals surface area contributed by atoms with Gasteiger partial charge in [0.05, 0.1) is 10.9 Å². The third-order valence-electron chi connectivity index (χ3n) is 6.12. The number of H-pyrrole nitrogens is 1. The topological polar surface area (TPSA) is 88.8 Å². The van der Waals surface area contributed by atoms with Crippen molar-refractivity contribution in [3.63, 3.8) is 0 Å². The maximum absolute atomic E-state index is 13.0. The Morgan fingerprint density at radius 3 is 2.72 bits per heavy atom. The minimum atomic E-state index is -0.702. The molecule has 3 N–H and O–H groups in total. The Morgan fingerprint density at radius 1 is 1.17 bits per heavy atom. The highest BCUT2D eigenvalue weighted by Crippen LogP contribution is 2.54. The number of amides is 1. The molecule has 2 heterocycles. The van der Waals surface area contributed by atoms with Crippen molar-refractivity contribution < 1.29 is 9.18 Å². The summed E-state index contributed by atoms with van der Waals surface area (Å²) in [6.45, 7) is 2.04. The third-order valence-corrected chi connectivity index (χ3v) is 6.12. The Kier molecular flexibility index (Phi) is 5.18. The number of pyridine rings is 2. The van der Waals surface area contributed by atoms with Gasteiger partial charge in [-0.1, -0.05) is 6.07 Å². The van der Waals surface area contributed by atoms with Crippen molar-refractivity contribution in [1.82, 2.24) is 9.97 Å². The highest BCUT2D eigenvalue weighted by molar-refractivity contribution is 6.03. The number of carbonyl (C=O) groups excluding carboxylic acids is 1. The maximum atomic E-state index is 13.0. The van der Waals surface area contributed by atoms with Crippen molar-refractivity contribution in [2.75, 3.05) is 0 Å². The molecule has 3 atom stereocenters. The van der Waals surface area contributed by atoms with E-state index in [4.69, 9.17) is 5.73 Å². The highest BCUT2D eigenvalue weighted by Gasteiger charge is 2.42. The first-order valence-corrected chi connectivity index (χ1v) is 9.96. The minimum absolute atomic E-state index is 0.00403. The Labute approximate surface area is 168 Å². The van der Waals surface area contributed by atoms with E-state index in [1.807, 2.05) is 13.0 Å². The number of nitrogens with one attached hydrogen (secondary N) is 1. The third kappa shape index (κ3) is 4.06. The number of hydrogen-bond donors (Lipinski definition) is 2. The van der Waals surface area contributed by atoms with E-state index in [-0.39, 0.29) is 22.3 Å². The minimum Gasteiger partial charge on any atom is -0.364 e. The summed E-state index contributed by atoms with van der Waals surface area (Å²) in [7, 11) is 0. The molecule has 0 saturated heterocycles. The lowest BCUT2D eigenvalue weighted by atomic mass is 9.82. The summed E-state index contributed by atoms with van der Waals surface area (Å²) < 4.78 is 13.0. The second kappa shape index (κ2) is 7.78. The van der Waals surface area contributed by atoms with Crippen LogP contribution in [0.15, 0.2) is 47.5 Å². The van der Waals surface area contributed by atoms with Crippen molar-refractivity contribution in [3.8, 4) is 0 Å². The van der Waals surface area contributed by atoms with Crippen LogP contribution in [0.5, 0.6) is 0 Å². The number of aromatic amines is 1. The molecule has 3 aromatic rings. The lowest BCUT2D eigenvalue weighted by Crippen LogP contribution is -2.17. The van der Waals surface area contributed by atoms with Gasteiger partial charge in [-0.2, -0.15) is 0 Å². The fraction of sp³-hybridized carbons (Fsp3) is 0.348. The number of rotatable bonds is 2. The quantitative estimate of drug-likeness (QED) is 0.688. The molecule has 0 spiro atoms. The summed E-state index contributed by atoms with van der Waals surface area (Å²) in [5.74, 6) is 1.94. The van der Waals surface area contributed by atoms with Crippen LogP contribution in [0.1, 0.15) is 53.2 Å². The zero-order valence-corrected chi connectivity index (χ0v) is 16.3. The number of nitrogens with two attached hydrogens (primary N) is 1. The van der Waals surface area contributed by atoms with Gasteiger partial charge >= 0.3 is 0 Å². The molecule has 2 aliphatic carbocycles. The Balaban J connectivity index is 0.000000142. The number of aromatic nitrogens is 2. The van der Waals surface area contributed by atoms with Crippen LogP contribution in [0.25, 0.3) is 10.9 Å². The average molecular weight is 393 g/mol. The lowest BCUT2D eigenvalue weighted by Gasteiger charge is -2.23. The van der Waals surface area contributed by atoms with Gasteiger partial charge < -0.3 is 10.7 Å². The molecule has 0 radical (unpaired) electrons. The van der Waals surface area contributed by atoms with Crippen molar-refractivity contribution in [1.29, 1.82) is 0 Å². The van der Waals surface area contributed by atoms with Gasteiger partial charge in [0, 0.05) is 18.5 Å². The predicted molar refractivity (Wildman–Crippen MR) is 110 cm³/mol. The molecular formula is C23H24FN3O2. The van der Waals surface area contributed by atoms with E-state index in [2.05, 4.69) is 9.97 Å². The molecule has 0 aliphatic heterocycles. The summed E-state index contributed by atoms with van der Waals surface area (Å²) in [5.41, 5.74) is 7.92. The van der Waals surface area contributed by atoms with Crippen molar-refractivity contribution in [2.24, 2.45) is 17.6 Å². The van der Waals surface area contributed by atoms with Gasteiger partial charge in [-0.25, -0.2) is 4.39 Å². The molecule has 5 nitrogen and oxygen atoms in total. The predicted octanol–water partition coefficient (Wildman–Crippen LogP) is 4.06. The molecule has 2 aromatic heterocycles. The number of fused-ring (bicyclic) bond motifs is 2. The van der Waals surface area contributed by atoms with E-state index < -0.39 is 5.91 Å². The molecule has 29 heavy (non-hydrogen) atoms. The van der Waals surface area contributed by atoms with Gasteiger partial charge in [-0.15, -0.1) is 0 Å². The molecule has 150 valence electrons. The van der Waals surface area contributed by atoms with Gasteiger partial charge in [0.25, 0.3) is 5.91 Å². The molecule has 2 fully saturated rings. The number of hydrogen-bond acceptors (Lipinski definition) is 3. The molecule has 1 amide bonds. The number of primary amides is 1. The number of benzene rings is 1. The first-order valence-electron chi connectivity index (χ1n) is 9.96. The molecule has 0 bridgehead atoms. The highest BCUT2D eigenvalue weighted by atomic mass is 19.1. The largest absolute Gasteiger partial charge is 0.364 e. The van der Waals surface area contributed by atoms with Crippen LogP contribution in [-0.4, -0.2) is 15.9 Å². The molecule has 5 rings (SSSR count). The number of aryl methyl sites for hydroxylation is 1. The fourth-order valence-electron chi connectivity index (χ4n) is 4.54. The number of nitrogens with zero attached hydrogens (tertiary/aromatic N) is 1. The Morgan fingerprint density at radius 2 is 2.00 bits per heavy atom. The Bertz CT molecular complexity index is 1120. The molecule has 6 heteroatoms. The van der Waals surface area contributed by atoms with Crippen molar-refractivity contribution >= 4 is 16.8 Å². The van der Waals surface area contributed by atoms with Gasteiger partial charge in [-0.05, 0) is 79.7 Å². The van der Waals surface area contributed by atoms with Crippen LogP contribution in [0, 0.1) is 24.6 Å². The second-order valence-electron chi connectivity index (χ2n) is 8.06. The van der Waals surface area contributed by atoms with E-state index in [1.165, 1.54) is 49.7 Å². The summed E-state index contributed by atoms with van der Waals surface area (Å²) >= 11 is 0. The number of halogens is 1. The molecular weight excluding hydrogens is 369 g/mol. The first kappa shape index (κ1) is 19.3. The molecule has 1 aromatic carbocycles. The summed E-state index contributed by atoms with van der Waals surface area (Å²) in [6.07, 6.45) is 8.45. The normalized spacial score (nSPS) is 22.3. The summed E-state index contributed by atoms with van der Waals surface area (Å²) in [4.78, 5) is 29.0. The SMILES string of the molecule is Cc1cc(F)ccc1C1CCC2CC2C1.NC(=O)c1nccc2[nH]ccc(=O)c12.